The molecular formula is C30H34O6. The van der Waals surface area contributed by atoms with Crippen LogP contribution in [0, 0.1) is 0 Å². The second-order valence-electron chi connectivity index (χ2n) is 8.41. The van der Waals surface area contributed by atoms with Crippen LogP contribution in [0.2, 0.25) is 0 Å². The van der Waals surface area contributed by atoms with Crippen molar-refractivity contribution in [2.24, 2.45) is 0 Å². The molecule has 0 heterocycles. The highest BCUT2D eigenvalue weighted by Crippen LogP contribution is 2.21. The van der Waals surface area contributed by atoms with Gasteiger partial charge in [-0.2, -0.15) is 0 Å². The van der Waals surface area contributed by atoms with Crippen LogP contribution >= 0.6 is 0 Å². The number of carbonyl (C=O) groups excluding carboxylic acids is 2. The number of rotatable bonds is 14. The molecule has 6 heteroatoms. The molecule has 0 bridgehead atoms. The predicted octanol–water partition coefficient (Wildman–Crippen LogP) is 7.26. The number of unbranched alkanes of at least 4 members (excludes halogenated alkanes) is 4. The molecule has 190 valence electrons. The smallest absolute Gasteiger partial charge is 0.343 e. The van der Waals surface area contributed by atoms with Gasteiger partial charge in [-0.15, -0.1) is 0 Å². The molecule has 0 unspecified atom stereocenters. The summed E-state index contributed by atoms with van der Waals surface area (Å²) >= 11 is 0. The zero-order chi connectivity index (χ0) is 25.6. The van der Waals surface area contributed by atoms with E-state index in [4.69, 9.17) is 18.9 Å². The molecule has 3 rings (SSSR count). The summed E-state index contributed by atoms with van der Waals surface area (Å²) in [5, 5.41) is 0. The van der Waals surface area contributed by atoms with Gasteiger partial charge in [0.2, 0.25) is 0 Å². The summed E-state index contributed by atoms with van der Waals surface area (Å²) in [5.74, 6) is 1.13. The Morgan fingerprint density at radius 3 is 1.64 bits per heavy atom. The van der Waals surface area contributed by atoms with Crippen LogP contribution in [0.5, 0.6) is 23.0 Å². The topological polar surface area (TPSA) is 71.1 Å². The Morgan fingerprint density at radius 2 is 1.06 bits per heavy atom. The van der Waals surface area contributed by atoms with Crippen LogP contribution in [-0.2, 0) is 0 Å². The molecule has 6 nitrogen and oxygen atoms in total. The molecule has 0 fully saturated rings. The van der Waals surface area contributed by atoms with E-state index in [1.807, 2.05) is 6.07 Å². The van der Waals surface area contributed by atoms with Gasteiger partial charge in [-0.05, 0) is 79.6 Å². The average molecular weight is 491 g/mol. The van der Waals surface area contributed by atoms with Gasteiger partial charge in [-0.25, -0.2) is 9.59 Å². The lowest BCUT2D eigenvalue weighted by Crippen LogP contribution is -2.10. The highest BCUT2D eigenvalue weighted by Gasteiger charge is 2.12. The van der Waals surface area contributed by atoms with E-state index < -0.39 is 11.9 Å². The van der Waals surface area contributed by atoms with Crippen LogP contribution in [0.15, 0.2) is 72.8 Å². The van der Waals surface area contributed by atoms with Crippen LogP contribution in [0.3, 0.4) is 0 Å². The van der Waals surface area contributed by atoms with Crippen LogP contribution in [0.25, 0.3) is 0 Å². The molecule has 36 heavy (non-hydrogen) atoms. The van der Waals surface area contributed by atoms with Crippen LogP contribution in [0.1, 0.15) is 73.1 Å². The van der Waals surface area contributed by atoms with Crippen molar-refractivity contribution in [2.75, 3.05) is 13.2 Å². The molecule has 3 aromatic rings. The Kier molecular flexibility index (Phi) is 10.8. The van der Waals surface area contributed by atoms with Gasteiger partial charge in [-0.3, -0.25) is 0 Å². The van der Waals surface area contributed by atoms with Crippen molar-refractivity contribution >= 4 is 11.9 Å². The van der Waals surface area contributed by atoms with Gasteiger partial charge < -0.3 is 18.9 Å². The Hall–Kier alpha value is -3.80. The van der Waals surface area contributed by atoms with Crippen molar-refractivity contribution in [1.29, 1.82) is 0 Å². The highest BCUT2D eigenvalue weighted by molar-refractivity contribution is 5.92. The lowest BCUT2D eigenvalue weighted by Gasteiger charge is -2.09. The Bertz CT molecular complexity index is 1090. The molecule has 0 aliphatic heterocycles. The minimum atomic E-state index is -0.502. The number of carbonyl (C=O) groups is 2. The van der Waals surface area contributed by atoms with E-state index in [0.717, 1.165) is 44.3 Å². The van der Waals surface area contributed by atoms with E-state index in [0.29, 0.717) is 41.6 Å². The predicted molar refractivity (Wildman–Crippen MR) is 139 cm³/mol. The molecule has 0 aliphatic carbocycles. The molecule has 0 radical (unpaired) electrons. The first kappa shape index (κ1) is 26.8. The lowest BCUT2D eigenvalue weighted by atomic mass is 10.2. The Balaban J connectivity index is 1.50. The molecule has 0 saturated heterocycles. The molecule has 0 atom stereocenters. The summed E-state index contributed by atoms with van der Waals surface area (Å²) < 4.78 is 22.3. The fourth-order valence-corrected chi connectivity index (χ4v) is 3.39. The van der Waals surface area contributed by atoms with Crippen molar-refractivity contribution in [3.63, 3.8) is 0 Å². The van der Waals surface area contributed by atoms with Crippen LogP contribution < -0.4 is 18.9 Å². The summed E-state index contributed by atoms with van der Waals surface area (Å²) in [5.41, 5.74) is 0.737. The standard InChI is InChI=1S/C30H34O6/c1-3-5-7-20-33-25-16-18-27(19-17-25)35-29(31)23-12-14-26(15-13-23)36-30(32)24-10-9-11-28(22-24)34-21-8-6-4-2/h9-19,22H,3-8,20-21H2,1-2H3. The molecular weight excluding hydrogens is 456 g/mol. The van der Waals surface area contributed by atoms with Crippen LogP contribution in [-0.4, -0.2) is 25.2 Å². The fraction of sp³-hybridized carbons (Fsp3) is 0.333. The van der Waals surface area contributed by atoms with Gasteiger partial charge in [0.1, 0.15) is 23.0 Å². The van der Waals surface area contributed by atoms with Gasteiger partial charge in [0, 0.05) is 0 Å². The zero-order valence-electron chi connectivity index (χ0n) is 21.0. The van der Waals surface area contributed by atoms with E-state index in [-0.39, 0.29) is 0 Å². The maximum Gasteiger partial charge on any atom is 0.343 e. The first-order chi connectivity index (χ1) is 17.6. The summed E-state index contributed by atoms with van der Waals surface area (Å²) in [6.07, 6.45) is 6.48. The number of esters is 2. The third-order valence-electron chi connectivity index (χ3n) is 5.44. The monoisotopic (exact) mass is 490 g/mol. The second-order valence-corrected chi connectivity index (χ2v) is 8.41. The summed E-state index contributed by atoms with van der Waals surface area (Å²) in [6, 6.07) is 20.1. The maximum atomic E-state index is 12.5. The van der Waals surface area contributed by atoms with Gasteiger partial charge in [0.25, 0.3) is 0 Å². The lowest BCUT2D eigenvalue weighted by molar-refractivity contribution is 0.0730. The molecule has 0 spiro atoms. The van der Waals surface area contributed by atoms with Crippen LogP contribution in [0.4, 0.5) is 0 Å². The molecule has 0 saturated carbocycles. The zero-order valence-corrected chi connectivity index (χ0v) is 21.0. The SMILES string of the molecule is CCCCCOc1ccc(OC(=O)c2ccc(OC(=O)c3cccc(OCCCCC)c3)cc2)cc1. The van der Waals surface area contributed by atoms with Crippen molar-refractivity contribution in [3.8, 4) is 23.0 Å². The van der Waals surface area contributed by atoms with Gasteiger partial charge in [-0.1, -0.05) is 45.6 Å². The van der Waals surface area contributed by atoms with Crippen molar-refractivity contribution in [1.82, 2.24) is 0 Å². The number of ether oxygens (including phenoxy) is 4. The first-order valence-electron chi connectivity index (χ1n) is 12.6. The largest absolute Gasteiger partial charge is 0.494 e. The van der Waals surface area contributed by atoms with Crippen molar-refractivity contribution in [3.05, 3.63) is 83.9 Å². The molecule has 0 amide bonds. The van der Waals surface area contributed by atoms with Gasteiger partial charge >= 0.3 is 11.9 Å². The van der Waals surface area contributed by atoms with E-state index in [2.05, 4.69) is 13.8 Å². The van der Waals surface area contributed by atoms with Gasteiger partial charge in [0.15, 0.2) is 0 Å². The third kappa shape index (κ3) is 8.77. The normalized spacial score (nSPS) is 10.5. The Morgan fingerprint density at radius 1 is 0.556 bits per heavy atom. The summed E-state index contributed by atoms with van der Waals surface area (Å²) in [7, 11) is 0. The first-order valence-corrected chi connectivity index (χ1v) is 12.6. The average Bonchev–Trinajstić information content (AvgIpc) is 2.90. The molecule has 0 aliphatic rings. The third-order valence-corrected chi connectivity index (χ3v) is 5.44. The fourth-order valence-electron chi connectivity index (χ4n) is 3.39. The minimum Gasteiger partial charge on any atom is -0.494 e. The Labute approximate surface area is 213 Å². The summed E-state index contributed by atoms with van der Waals surface area (Å²) in [6.45, 7) is 5.56. The quantitative estimate of drug-likeness (QED) is 0.134. The van der Waals surface area contributed by atoms with E-state index in [1.54, 1.807) is 66.7 Å². The molecule has 0 N–H and O–H groups in total. The highest BCUT2D eigenvalue weighted by atomic mass is 16.5. The minimum absolute atomic E-state index is 0.329. The van der Waals surface area contributed by atoms with E-state index >= 15 is 0 Å². The number of hydrogen-bond acceptors (Lipinski definition) is 6. The van der Waals surface area contributed by atoms with Gasteiger partial charge in [0.05, 0.1) is 24.3 Å². The molecule has 0 aromatic heterocycles. The maximum absolute atomic E-state index is 12.5. The number of hydrogen-bond donors (Lipinski definition) is 0. The molecule has 3 aromatic carbocycles. The van der Waals surface area contributed by atoms with Crippen molar-refractivity contribution in [2.45, 2.75) is 52.4 Å². The summed E-state index contributed by atoms with van der Waals surface area (Å²) in [4.78, 5) is 25.0. The second kappa shape index (κ2) is 14.6. The van der Waals surface area contributed by atoms with E-state index in [1.165, 1.54) is 0 Å². The van der Waals surface area contributed by atoms with Crippen molar-refractivity contribution < 1.29 is 28.5 Å². The number of benzene rings is 3. The van der Waals surface area contributed by atoms with E-state index in [9.17, 15) is 9.59 Å².